The fourth-order valence-corrected chi connectivity index (χ4v) is 3.91. The Morgan fingerprint density at radius 3 is 2.74 bits per heavy atom. The van der Waals surface area contributed by atoms with E-state index in [1.54, 1.807) is 0 Å². The summed E-state index contributed by atoms with van der Waals surface area (Å²) in [6.07, 6.45) is 4.05. The van der Waals surface area contributed by atoms with E-state index in [1.807, 2.05) is 24.4 Å². The second-order valence-electron chi connectivity index (χ2n) is 7.73. The molecule has 1 aromatic carbocycles. The highest BCUT2D eigenvalue weighted by molar-refractivity contribution is 5.82. The highest BCUT2D eigenvalue weighted by Crippen LogP contribution is 2.31. The van der Waals surface area contributed by atoms with E-state index in [0.29, 0.717) is 6.42 Å². The molecule has 2 aromatic rings. The number of hydrogen-bond acceptors (Lipinski definition) is 4. The molecule has 1 amide bonds. The van der Waals surface area contributed by atoms with Gasteiger partial charge in [-0.2, -0.15) is 0 Å². The number of ether oxygens (including phenoxy) is 1. The number of carbonyl (C=O) groups excluding carboxylic acids is 1. The van der Waals surface area contributed by atoms with Crippen LogP contribution in [0.15, 0.2) is 36.5 Å². The SMILES string of the molecule is Cc1cc2c(cc1C)OC(C(=O)NC1CCN(Cc3ccccn3)CC1)C2. The molecule has 1 unspecified atom stereocenters. The van der Waals surface area contributed by atoms with E-state index in [2.05, 4.69) is 41.2 Å². The van der Waals surface area contributed by atoms with Gasteiger partial charge >= 0.3 is 0 Å². The predicted octanol–water partition coefficient (Wildman–Crippen LogP) is 2.78. The largest absolute Gasteiger partial charge is 0.480 e. The summed E-state index contributed by atoms with van der Waals surface area (Å²) in [5, 5.41) is 3.20. The van der Waals surface area contributed by atoms with Gasteiger partial charge in [0.05, 0.1) is 5.69 Å². The van der Waals surface area contributed by atoms with Crippen molar-refractivity contribution in [1.82, 2.24) is 15.2 Å². The van der Waals surface area contributed by atoms with Crippen LogP contribution in [-0.4, -0.2) is 41.0 Å². The molecule has 3 heterocycles. The van der Waals surface area contributed by atoms with Gasteiger partial charge in [-0.1, -0.05) is 12.1 Å². The number of nitrogens with zero attached hydrogens (tertiary/aromatic N) is 2. The summed E-state index contributed by atoms with van der Waals surface area (Å²) in [4.78, 5) is 19.5. The molecule has 1 N–H and O–H groups in total. The molecule has 1 saturated heterocycles. The summed E-state index contributed by atoms with van der Waals surface area (Å²) in [6.45, 7) is 7.01. The van der Waals surface area contributed by atoms with Crippen molar-refractivity contribution in [3.05, 3.63) is 58.9 Å². The zero-order chi connectivity index (χ0) is 18.8. The third kappa shape index (κ3) is 4.14. The maximum Gasteiger partial charge on any atom is 0.261 e. The van der Waals surface area contributed by atoms with E-state index >= 15 is 0 Å². The van der Waals surface area contributed by atoms with Gasteiger partial charge in [-0.3, -0.25) is 14.7 Å². The fourth-order valence-electron chi connectivity index (χ4n) is 3.91. The summed E-state index contributed by atoms with van der Waals surface area (Å²) in [6, 6.07) is 10.5. The zero-order valence-electron chi connectivity index (χ0n) is 16.1. The molecular weight excluding hydrogens is 338 g/mol. The van der Waals surface area contributed by atoms with Crippen LogP contribution < -0.4 is 10.1 Å². The Kier molecular flexibility index (Phi) is 5.12. The van der Waals surface area contributed by atoms with Crippen LogP contribution >= 0.6 is 0 Å². The molecule has 0 radical (unpaired) electrons. The van der Waals surface area contributed by atoms with Crippen molar-refractivity contribution in [3.63, 3.8) is 0 Å². The van der Waals surface area contributed by atoms with Crippen LogP contribution in [0.3, 0.4) is 0 Å². The molecule has 0 spiro atoms. The number of pyridine rings is 1. The summed E-state index contributed by atoms with van der Waals surface area (Å²) >= 11 is 0. The van der Waals surface area contributed by atoms with Gasteiger partial charge in [0.1, 0.15) is 5.75 Å². The Bertz CT molecular complexity index is 783. The molecule has 27 heavy (non-hydrogen) atoms. The van der Waals surface area contributed by atoms with E-state index in [-0.39, 0.29) is 11.9 Å². The smallest absolute Gasteiger partial charge is 0.261 e. The van der Waals surface area contributed by atoms with Crippen LogP contribution in [0.1, 0.15) is 35.2 Å². The van der Waals surface area contributed by atoms with Crippen molar-refractivity contribution >= 4 is 5.91 Å². The van der Waals surface area contributed by atoms with Crippen LogP contribution in [0.4, 0.5) is 0 Å². The Morgan fingerprint density at radius 2 is 2.00 bits per heavy atom. The third-order valence-corrected chi connectivity index (χ3v) is 5.69. The van der Waals surface area contributed by atoms with Crippen LogP contribution in [0.25, 0.3) is 0 Å². The third-order valence-electron chi connectivity index (χ3n) is 5.69. The van der Waals surface area contributed by atoms with Crippen molar-refractivity contribution in [2.45, 2.75) is 51.8 Å². The number of carbonyl (C=O) groups is 1. The van der Waals surface area contributed by atoms with E-state index < -0.39 is 6.10 Å². The van der Waals surface area contributed by atoms with Crippen molar-refractivity contribution in [2.24, 2.45) is 0 Å². The minimum absolute atomic E-state index is 0.0182. The molecule has 4 rings (SSSR count). The van der Waals surface area contributed by atoms with Crippen LogP contribution in [-0.2, 0) is 17.8 Å². The number of amides is 1. The van der Waals surface area contributed by atoms with E-state index in [0.717, 1.165) is 49.5 Å². The lowest BCUT2D eigenvalue weighted by Crippen LogP contribution is -2.48. The molecule has 1 aromatic heterocycles. The molecule has 0 bridgehead atoms. The quantitative estimate of drug-likeness (QED) is 0.905. The number of rotatable bonds is 4. The molecule has 5 heteroatoms. The number of aromatic nitrogens is 1. The Morgan fingerprint density at radius 1 is 1.22 bits per heavy atom. The summed E-state index contributed by atoms with van der Waals surface area (Å²) in [5.41, 5.74) is 4.69. The number of hydrogen-bond donors (Lipinski definition) is 1. The first-order valence-electron chi connectivity index (χ1n) is 9.78. The molecule has 142 valence electrons. The molecule has 2 aliphatic heterocycles. The van der Waals surface area contributed by atoms with Crippen molar-refractivity contribution in [3.8, 4) is 5.75 Å². The van der Waals surface area contributed by atoms with E-state index in [4.69, 9.17) is 4.74 Å². The van der Waals surface area contributed by atoms with Gasteiger partial charge < -0.3 is 10.1 Å². The second-order valence-corrected chi connectivity index (χ2v) is 7.73. The predicted molar refractivity (Wildman–Crippen MR) is 105 cm³/mol. The Balaban J connectivity index is 1.26. The molecule has 5 nitrogen and oxygen atoms in total. The Hall–Kier alpha value is -2.40. The number of likely N-dealkylation sites (tertiary alicyclic amines) is 1. The van der Waals surface area contributed by atoms with Crippen LogP contribution in [0, 0.1) is 13.8 Å². The zero-order valence-corrected chi connectivity index (χ0v) is 16.1. The average Bonchev–Trinajstić information content (AvgIpc) is 3.07. The van der Waals surface area contributed by atoms with Gasteiger partial charge in [-0.05, 0) is 61.6 Å². The van der Waals surface area contributed by atoms with Crippen LogP contribution in [0.2, 0.25) is 0 Å². The summed E-state index contributed by atoms with van der Waals surface area (Å²) in [7, 11) is 0. The normalized spacial score (nSPS) is 20.1. The van der Waals surface area contributed by atoms with Crippen molar-refractivity contribution < 1.29 is 9.53 Å². The van der Waals surface area contributed by atoms with Gasteiger partial charge in [0.2, 0.25) is 0 Å². The van der Waals surface area contributed by atoms with Crippen LogP contribution in [0.5, 0.6) is 5.75 Å². The number of fused-ring (bicyclic) bond motifs is 1. The molecule has 2 aliphatic rings. The lowest BCUT2D eigenvalue weighted by Gasteiger charge is -2.32. The van der Waals surface area contributed by atoms with Gasteiger partial charge in [0, 0.05) is 38.3 Å². The fraction of sp³-hybridized carbons (Fsp3) is 0.455. The maximum absolute atomic E-state index is 12.7. The number of nitrogens with one attached hydrogen (secondary N) is 1. The lowest BCUT2D eigenvalue weighted by atomic mass is 10.0. The highest BCUT2D eigenvalue weighted by Gasteiger charge is 2.31. The first kappa shape index (κ1) is 18.0. The van der Waals surface area contributed by atoms with Gasteiger partial charge in [0.15, 0.2) is 6.10 Å². The first-order chi connectivity index (χ1) is 13.1. The molecule has 0 aliphatic carbocycles. The average molecular weight is 365 g/mol. The van der Waals surface area contributed by atoms with Gasteiger partial charge in [-0.15, -0.1) is 0 Å². The maximum atomic E-state index is 12.7. The molecule has 0 saturated carbocycles. The minimum Gasteiger partial charge on any atom is -0.480 e. The number of benzene rings is 1. The summed E-state index contributed by atoms with van der Waals surface area (Å²) < 4.78 is 5.92. The topological polar surface area (TPSA) is 54.5 Å². The van der Waals surface area contributed by atoms with Crippen molar-refractivity contribution in [1.29, 1.82) is 0 Å². The number of piperidine rings is 1. The first-order valence-corrected chi connectivity index (χ1v) is 9.78. The van der Waals surface area contributed by atoms with E-state index in [1.165, 1.54) is 11.1 Å². The minimum atomic E-state index is -0.396. The monoisotopic (exact) mass is 365 g/mol. The van der Waals surface area contributed by atoms with Gasteiger partial charge in [-0.25, -0.2) is 0 Å². The molecule has 1 atom stereocenters. The van der Waals surface area contributed by atoms with E-state index in [9.17, 15) is 4.79 Å². The Labute approximate surface area is 160 Å². The number of aryl methyl sites for hydroxylation is 2. The lowest BCUT2D eigenvalue weighted by molar-refractivity contribution is -0.128. The highest BCUT2D eigenvalue weighted by atomic mass is 16.5. The van der Waals surface area contributed by atoms with Gasteiger partial charge in [0.25, 0.3) is 5.91 Å². The standard InChI is InChI=1S/C22H27N3O2/c1-15-11-17-13-21(27-20(17)12-16(15)2)22(26)24-18-6-9-25(10-7-18)14-19-5-3-4-8-23-19/h3-5,8,11-12,18,21H,6-7,9-10,13-14H2,1-2H3,(H,24,26). The summed E-state index contributed by atoms with van der Waals surface area (Å²) in [5.74, 6) is 0.883. The van der Waals surface area contributed by atoms with Crippen molar-refractivity contribution in [2.75, 3.05) is 13.1 Å². The molecular formula is C22H27N3O2. The molecule has 1 fully saturated rings. The second kappa shape index (κ2) is 7.69.